The lowest BCUT2D eigenvalue weighted by molar-refractivity contribution is -0.180. The zero-order valence-electron chi connectivity index (χ0n) is 14.9. The molecule has 4 heterocycles. The monoisotopic (exact) mass is 373 g/mol. The van der Waals surface area contributed by atoms with Gasteiger partial charge in [0.25, 0.3) is 0 Å². The summed E-state index contributed by atoms with van der Waals surface area (Å²) >= 11 is 0. The van der Waals surface area contributed by atoms with Gasteiger partial charge in [0.1, 0.15) is 11.5 Å². The highest BCUT2D eigenvalue weighted by atomic mass is 16.7. The van der Waals surface area contributed by atoms with E-state index in [0.29, 0.717) is 30.4 Å². The van der Waals surface area contributed by atoms with Gasteiger partial charge in [0.05, 0.1) is 51.1 Å². The van der Waals surface area contributed by atoms with E-state index in [4.69, 9.17) is 23.7 Å². The number of anilines is 1. The molecule has 0 aliphatic carbocycles. The zero-order chi connectivity index (χ0) is 18.8. The van der Waals surface area contributed by atoms with Gasteiger partial charge < -0.3 is 23.7 Å². The predicted octanol–water partition coefficient (Wildman–Crippen LogP) is 0.890. The van der Waals surface area contributed by atoms with Crippen molar-refractivity contribution in [1.29, 1.82) is 0 Å². The third kappa shape index (κ3) is 2.08. The van der Waals surface area contributed by atoms with Crippen LogP contribution in [0, 0.1) is 11.8 Å². The number of fused-ring (bicyclic) bond motifs is 5. The fraction of sp³-hybridized carbons (Fsp3) is 0.474. The summed E-state index contributed by atoms with van der Waals surface area (Å²) in [5.41, 5.74) is -0.705. The van der Waals surface area contributed by atoms with Crippen LogP contribution in [0.15, 0.2) is 30.4 Å². The van der Waals surface area contributed by atoms with Crippen LogP contribution in [0.2, 0.25) is 0 Å². The van der Waals surface area contributed by atoms with Gasteiger partial charge in [0.2, 0.25) is 11.8 Å². The average molecular weight is 373 g/mol. The Bertz CT molecular complexity index is 846. The van der Waals surface area contributed by atoms with Crippen molar-refractivity contribution in [3.05, 3.63) is 30.4 Å². The van der Waals surface area contributed by atoms with E-state index in [9.17, 15) is 9.59 Å². The minimum Gasteiger partial charge on any atom is -0.497 e. The molecule has 0 saturated carbocycles. The van der Waals surface area contributed by atoms with Gasteiger partial charge in [-0.05, 0) is 18.2 Å². The Morgan fingerprint density at radius 3 is 2.59 bits per heavy atom. The molecule has 4 atom stereocenters. The van der Waals surface area contributed by atoms with E-state index in [-0.39, 0.29) is 11.8 Å². The number of rotatable bonds is 4. The molecule has 2 bridgehead atoms. The van der Waals surface area contributed by atoms with Crippen molar-refractivity contribution in [2.45, 2.75) is 18.0 Å². The predicted molar refractivity (Wildman–Crippen MR) is 91.5 cm³/mol. The van der Waals surface area contributed by atoms with E-state index in [1.165, 1.54) is 19.1 Å². The van der Waals surface area contributed by atoms with Crippen molar-refractivity contribution in [3.63, 3.8) is 0 Å². The maximum absolute atomic E-state index is 13.4. The minimum absolute atomic E-state index is 0.314. The summed E-state index contributed by atoms with van der Waals surface area (Å²) in [6.07, 6.45) is 2.47. The van der Waals surface area contributed by atoms with Crippen molar-refractivity contribution in [2.75, 3.05) is 32.3 Å². The molecule has 3 fully saturated rings. The quantitative estimate of drug-likeness (QED) is 0.572. The maximum Gasteiger partial charge on any atom is 0.241 e. The number of hydrogen-bond acceptors (Lipinski definition) is 7. The molecule has 1 aromatic carbocycles. The maximum atomic E-state index is 13.4. The standard InChI is InChI=1S/C19H19NO7/c1-23-10-3-4-12(24-2)11(9-10)20-16(21)14-13-5-6-19(27-13,15(14)17(20)22)18-25-7-8-26-18/h3-6,9,13-15,18H,7-8H2,1-2H3/t13-,14-,15+,19-/m1/s1. The SMILES string of the molecule is COc1ccc(OC)c(N2C(=O)[C@H]3[C@@H](C2=O)[C@@]2(C4OCCO4)C=C[C@H]3O2)c1. The number of imide groups is 1. The third-order valence-corrected chi connectivity index (χ3v) is 5.69. The molecular weight excluding hydrogens is 354 g/mol. The summed E-state index contributed by atoms with van der Waals surface area (Å²) in [6, 6.07) is 5.01. The van der Waals surface area contributed by atoms with Crippen LogP contribution >= 0.6 is 0 Å². The molecule has 4 aliphatic heterocycles. The number of amides is 2. The van der Waals surface area contributed by atoms with E-state index in [1.54, 1.807) is 18.2 Å². The third-order valence-electron chi connectivity index (χ3n) is 5.69. The molecule has 8 heteroatoms. The molecule has 0 spiro atoms. The van der Waals surface area contributed by atoms with Crippen molar-refractivity contribution in [1.82, 2.24) is 0 Å². The van der Waals surface area contributed by atoms with Gasteiger partial charge >= 0.3 is 0 Å². The highest BCUT2D eigenvalue weighted by Crippen LogP contribution is 2.55. The van der Waals surface area contributed by atoms with Crippen molar-refractivity contribution < 1.29 is 33.3 Å². The highest BCUT2D eigenvalue weighted by molar-refractivity contribution is 6.24. The van der Waals surface area contributed by atoms with Crippen molar-refractivity contribution in [2.24, 2.45) is 11.8 Å². The van der Waals surface area contributed by atoms with Gasteiger partial charge in [-0.15, -0.1) is 0 Å². The molecule has 0 aromatic heterocycles. The Labute approximate surface area is 155 Å². The Kier molecular flexibility index (Phi) is 3.59. The molecule has 0 N–H and O–H groups in total. The molecule has 142 valence electrons. The van der Waals surface area contributed by atoms with Crippen LogP contribution in [0.25, 0.3) is 0 Å². The van der Waals surface area contributed by atoms with Gasteiger partial charge in [0.15, 0.2) is 11.9 Å². The molecular formula is C19H19NO7. The van der Waals surface area contributed by atoms with E-state index >= 15 is 0 Å². The van der Waals surface area contributed by atoms with E-state index < -0.39 is 29.8 Å². The number of methoxy groups -OCH3 is 2. The first-order valence-electron chi connectivity index (χ1n) is 8.81. The normalized spacial score (nSPS) is 34.6. The second kappa shape index (κ2) is 5.79. The number of benzene rings is 1. The van der Waals surface area contributed by atoms with Crippen LogP contribution in [-0.4, -0.2) is 57.2 Å². The van der Waals surface area contributed by atoms with Gasteiger partial charge in [0, 0.05) is 6.07 Å². The number of carbonyl (C=O) groups excluding carboxylic acids is 2. The Hall–Kier alpha value is -2.42. The van der Waals surface area contributed by atoms with Gasteiger partial charge in [-0.3, -0.25) is 9.59 Å². The van der Waals surface area contributed by atoms with Crippen LogP contribution in [0.5, 0.6) is 11.5 Å². The average Bonchev–Trinajstić information content (AvgIpc) is 3.45. The van der Waals surface area contributed by atoms with Gasteiger partial charge in [-0.25, -0.2) is 4.90 Å². The summed E-state index contributed by atoms with van der Waals surface area (Å²) in [7, 11) is 3.02. The Balaban J connectivity index is 1.58. The molecule has 0 radical (unpaired) electrons. The van der Waals surface area contributed by atoms with Gasteiger partial charge in [-0.1, -0.05) is 6.08 Å². The summed E-state index contributed by atoms with van der Waals surface area (Å²) < 4.78 is 28.0. The number of ether oxygens (including phenoxy) is 5. The second-order valence-corrected chi connectivity index (χ2v) is 6.92. The minimum atomic E-state index is -1.07. The van der Waals surface area contributed by atoms with Crippen molar-refractivity contribution in [3.8, 4) is 11.5 Å². The largest absolute Gasteiger partial charge is 0.497 e. The number of carbonyl (C=O) groups is 2. The molecule has 8 nitrogen and oxygen atoms in total. The topological polar surface area (TPSA) is 83.5 Å². The lowest BCUT2D eigenvalue weighted by Gasteiger charge is -2.32. The summed E-state index contributed by atoms with van der Waals surface area (Å²) in [5, 5.41) is 0. The van der Waals surface area contributed by atoms with Gasteiger partial charge in [-0.2, -0.15) is 0 Å². The Morgan fingerprint density at radius 2 is 1.89 bits per heavy atom. The molecule has 3 saturated heterocycles. The fourth-order valence-corrected chi connectivity index (χ4v) is 4.53. The smallest absolute Gasteiger partial charge is 0.241 e. The Morgan fingerprint density at radius 1 is 1.11 bits per heavy atom. The van der Waals surface area contributed by atoms with Crippen LogP contribution in [0.3, 0.4) is 0 Å². The zero-order valence-corrected chi connectivity index (χ0v) is 14.9. The molecule has 4 aliphatic rings. The number of hydrogen-bond donors (Lipinski definition) is 0. The first-order valence-corrected chi connectivity index (χ1v) is 8.81. The van der Waals surface area contributed by atoms with Crippen LogP contribution < -0.4 is 14.4 Å². The van der Waals surface area contributed by atoms with E-state index in [0.717, 1.165) is 0 Å². The van der Waals surface area contributed by atoms with Crippen LogP contribution in [0.4, 0.5) is 5.69 Å². The highest BCUT2D eigenvalue weighted by Gasteiger charge is 2.71. The fourth-order valence-electron chi connectivity index (χ4n) is 4.53. The van der Waals surface area contributed by atoms with Crippen molar-refractivity contribution >= 4 is 17.5 Å². The molecule has 5 rings (SSSR count). The van der Waals surface area contributed by atoms with E-state index in [2.05, 4.69) is 0 Å². The van der Waals surface area contributed by atoms with Crippen LogP contribution in [-0.2, 0) is 23.8 Å². The summed E-state index contributed by atoms with van der Waals surface area (Å²) in [5.74, 6) is -1.02. The molecule has 0 unspecified atom stereocenters. The van der Waals surface area contributed by atoms with E-state index in [1.807, 2.05) is 12.2 Å². The lowest BCUT2D eigenvalue weighted by Crippen LogP contribution is -2.49. The molecule has 27 heavy (non-hydrogen) atoms. The summed E-state index contributed by atoms with van der Waals surface area (Å²) in [6.45, 7) is 0.864. The molecule has 2 amide bonds. The first-order chi connectivity index (χ1) is 13.1. The second-order valence-electron chi connectivity index (χ2n) is 6.92. The lowest BCUT2D eigenvalue weighted by atomic mass is 9.76. The first kappa shape index (κ1) is 16.7. The van der Waals surface area contributed by atoms with Crippen LogP contribution in [0.1, 0.15) is 0 Å². The summed E-state index contributed by atoms with van der Waals surface area (Å²) in [4.78, 5) is 27.8. The number of nitrogens with zero attached hydrogens (tertiary/aromatic N) is 1. The molecule has 1 aromatic rings.